The summed E-state index contributed by atoms with van der Waals surface area (Å²) in [4.78, 5) is 32.6. The molecule has 0 aromatic carbocycles. The highest BCUT2D eigenvalue weighted by atomic mass is 19.4. The van der Waals surface area contributed by atoms with Gasteiger partial charge in [-0.2, -0.15) is 13.2 Å². The lowest BCUT2D eigenvalue weighted by Gasteiger charge is -2.31. The van der Waals surface area contributed by atoms with Gasteiger partial charge in [-0.1, -0.05) is 0 Å². The van der Waals surface area contributed by atoms with Crippen molar-refractivity contribution in [3.8, 4) is 0 Å². The fourth-order valence-corrected chi connectivity index (χ4v) is 1.34. The molecule has 0 aromatic rings. The molecule has 0 radical (unpaired) electrons. The number of amides is 1. The molecule has 1 unspecified atom stereocenters. The van der Waals surface area contributed by atoms with Gasteiger partial charge in [0.15, 0.2) is 0 Å². The Bertz CT molecular complexity index is 372. The van der Waals surface area contributed by atoms with Gasteiger partial charge < -0.3 is 20.1 Å². The Kier molecular flexibility index (Phi) is 6.97. The molecule has 0 saturated carbocycles. The van der Waals surface area contributed by atoms with Crippen molar-refractivity contribution in [2.45, 2.75) is 19.1 Å². The summed E-state index contributed by atoms with van der Waals surface area (Å²) in [6, 6.07) is -0.373. The molecular formula is C10H15F3N2O5. The van der Waals surface area contributed by atoms with Crippen molar-refractivity contribution in [3.05, 3.63) is 0 Å². The SMILES string of the molecule is COC(=O)C1CN(C(C)=O)CCN1.O=C(O)C(F)(F)F. The number of esters is 1. The summed E-state index contributed by atoms with van der Waals surface area (Å²) in [5.74, 6) is -3.08. The number of alkyl halides is 3. The van der Waals surface area contributed by atoms with Gasteiger partial charge in [0.1, 0.15) is 6.04 Å². The van der Waals surface area contributed by atoms with Gasteiger partial charge in [-0.15, -0.1) is 0 Å². The van der Waals surface area contributed by atoms with Crippen LogP contribution in [0.15, 0.2) is 0 Å². The number of methoxy groups -OCH3 is 1. The predicted octanol–water partition coefficient (Wildman–Crippen LogP) is -0.387. The normalized spacial score (nSPS) is 18.6. The van der Waals surface area contributed by atoms with Crippen molar-refractivity contribution in [3.63, 3.8) is 0 Å². The van der Waals surface area contributed by atoms with Gasteiger partial charge >= 0.3 is 18.1 Å². The highest BCUT2D eigenvalue weighted by Crippen LogP contribution is 2.13. The maximum Gasteiger partial charge on any atom is 0.490 e. The minimum Gasteiger partial charge on any atom is -0.475 e. The summed E-state index contributed by atoms with van der Waals surface area (Å²) in [7, 11) is 1.34. The molecule has 0 bridgehead atoms. The van der Waals surface area contributed by atoms with Gasteiger partial charge in [-0.05, 0) is 0 Å². The Morgan fingerprint density at radius 1 is 1.35 bits per heavy atom. The lowest BCUT2D eigenvalue weighted by Crippen LogP contribution is -2.55. The molecule has 1 rings (SSSR count). The summed E-state index contributed by atoms with van der Waals surface area (Å²) in [6.07, 6.45) is -5.08. The molecule has 1 amide bonds. The van der Waals surface area contributed by atoms with Crippen LogP contribution in [0, 0.1) is 0 Å². The van der Waals surface area contributed by atoms with Crippen molar-refractivity contribution >= 4 is 17.8 Å². The van der Waals surface area contributed by atoms with Crippen LogP contribution in [-0.4, -0.2) is 66.8 Å². The molecule has 7 nitrogen and oxygen atoms in total. The van der Waals surface area contributed by atoms with Gasteiger partial charge in [0.2, 0.25) is 5.91 Å². The average molecular weight is 300 g/mol. The molecule has 1 aliphatic rings. The van der Waals surface area contributed by atoms with E-state index in [1.54, 1.807) is 4.90 Å². The van der Waals surface area contributed by atoms with Gasteiger partial charge in [0.25, 0.3) is 0 Å². The highest BCUT2D eigenvalue weighted by Gasteiger charge is 2.38. The molecule has 0 spiro atoms. The summed E-state index contributed by atoms with van der Waals surface area (Å²) >= 11 is 0. The highest BCUT2D eigenvalue weighted by molar-refractivity contribution is 5.78. The second-order valence-corrected chi connectivity index (χ2v) is 3.80. The predicted molar refractivity (Wildman–Crippen MR) is 59.8 cm³/mol. The van der Waals surface area contributed by atoms with Gasteiger partial charge in [0.05, 0.1) is 7.11 Å². The number of piperazine rings is 1. The number of aliphatic carboxylic acids is 1. The Labute approximate surface area is 112 Å². The number of hydrogen-bond acceptors (Lipinski definition) is 5. The fraction of sp³-hybridized carbons (Fsp3) is 0.700. The first-order valence-electron chi connectivity index (χ1n) is 5.46. The van der Waals surface area contributed by atoms with Crippen LogP contribution in [0.1, 0.15) is 6.92 Å². The number of rotatable bonds is 1. The van der Waals surface area contributed by atoms with Gasteiger partial charge in [-0.3, -0.25) is 9.59 Å². The third-order valence-corrected chi connectivity index (χ3v) is 2.35. The summed E-state index contributed by atoms with van der Waals surface area (Å²) in [6.45, 7) is 3.20. The number of nitrogens with zero attached hydrogens (tertiary/aromatic N) is 1. The zero-order valence-corrected chi connectivity index (χ0v) is 10.9. The average Bonchev–Trinajstić information content (AvgIpc) is 2.37. The van der Waals surface area contributed by atoms with Crippen LogP contribution in [0.3, 0.4) is 0 Å². The quantitative estimate of drug-likeness (QED) is 0.641. The first-order valence-corrected chi connectivity index (χ1v) is 5.46. The van der Waals surface area contributed by atoms with E-state index >= 15 is 0 Å². The van der Waals surface area contributed by atoms with Crippen molar-refractivity contribution in [2.24, 2.45) is 0 Å². The number of nitrogens with one attached hydrogen (secondary N) is 1. The van der Waals surface area contributed by atoms with Crippen molar-refractivity contribution in [2.75, 3.05) is 26.7 Å². The van der Waals surface area contributed by atoms with E-state index in [0.29, 0.717) is 19.6 Å². The second kappa shape index (κ2) is 7.68. The molecule has 20 heavy (non-hydrogen) atoms. The van der Waals surface area contributed by atoms with E-state index in [9.17, 15) is 22.8 Å². The minimum atomic E-state index is -5.08. The van der Waals surface area contributed by atoms with Crippen LogP contribution in [0.5, 0.6) is 0 Å². The maximum atomic E-state index is 11.1. The smallest absolute Gasteiger partial charge is 0.475 e. The summed E-state index contributed by atoms with van der Waals surface area (Å²) in [5, 5.41) is 10.1. The molecular weight excluding hydrogens is 285 g/mol. The van der Waals surface area contributed by atoms with E-state index in [4.69, 9.17) is 9.90 Å². The number of carbonyl (C=O) groups is 3. The lowest BCUT2D eigenvalue weighted by molar-refractivity contribution is -0.192. The Balaban J connectivity index is 0.000000441. The first kappa shape index (κ1) is 18.2. The molecule has 116 valence electrons. The second-order valence-electron chi connectivity index (χ2n) is 3.80. The lowest BCUT2D eigenvalue weighted by atomic mass is 10.2. The zero-order valence-electron chi connectivity index (χ0n) is 10.9. The largest absolute Gasteiger partial charge is 0.490 e. The number of ether oxygens (including phenoxy) is 1. The fourth-order valence-electron chi connectivity index (χ4n) is 1.34. The van der Waals surface area contributed by atoms with Crippen molar-refractivity contribution < 1.29 is 37.4 Å². The first-order chi connectivity index (χ1) is 9.09. The van der Waals surface area contributed by atoms with E-state index in [0.717, 1.165) is 0 Å². The van der Waals surface area contributed by atoms with Gasteiger partial charge in [0, 0.05) is 26.6 Å². The summed E-state index contributed by atoms with van der Waals surface area (Å²) < 4.78 is 36.3. The number of carboxylic acids is 1. The zero-order chi connectivity index (χ0) is 15.9. The third kappa shape index (κ3) is 6.36. The molecule has 1 heterocycles. The van der Waals surface area contributed by atoms with Crippen LogP contribution in [0.25, 0.3) is 0 Å². The Morgan fingerprint density at radius 3 is 2.20 bits per heavy atom. The molecule has 2 N–H and O–H groups in total. The van der Waals surface area contributed by atoms with Crippen LogP contribution >= 0.6 is 0 Å². The summed E-state index contributed by atoms with van der Waals surface area (Å²) in [5.41, 5.74) is 0. The third-order valence-electron chi connectivity index (χ3n) is 2.35. The van der Waals surface area contributed by atoms with Crippen molar-refractivity contribution in [1.29, 1.82) is 0 Å². The Morgan fingerprint density at radius 2 is 1.85 bits per heavy atom. The van der Waals surface area contributed by atoms with E-state index in [1.807, 2.05) is 0 Å². The maximum absolute atomic E-state index is 11.1. The van der Waals surface area contributed by atoms with Crippen LogP contribution < -0.4 is 5.32 Å². The van der Waals surface area contributed by atoms with Crippen LogP contribution in [-0.2, 0) is 19.1 Å². The molecule has 1 fully saturated rings. The molecule has 1 aliphatic heterocycles. The number of hydrogen-bond donors (Lipinski definition) is 2. The van der Waals surface area contributed by atoms with E-state index < -0.39 is 12.1 Å². The molecule has 0 aromatic heterocycles. The van der Waals surface area contributed by atoms with Gasteiger partial charge in [-0.25, -0.2) is 4.79 Å². The number of carboxylic acid groups (broad SMARTS) is 1. The number of carbonyl (C=O) groups excluding carboxylic acids is 2. The molecule has 10 heteroatoms. The molecule has 1 saturated heterocycles. The molecule has 1 atom stereocenters. The van der Waals surface area contributed by atoms with Crippen molar-refractivity contribution in [1.82, 2.24) is 10.2 Å². The Hall–Kier alpha value is -1.84. The van der Waals surface area contributed by atoms with E-state index in [2.05, 4.69) is 10.1 Å². The molecule has 0 aliphatic carbocycles. The van der Waals surface area contributed by atoms with E-state index in [1.165, 1.54) is 14.0 Å². The van der Waals surface area contributed by atoms with E-state index in [-0.39, 0.29) is 17.9 Å². The number of halogens is 3. The minimum absolute atomic E-state index is 0.00426. The monoisotopic (exact) mass is 300 g/mol. The van der Waals surface area contributed by atoms with Crippen LogP contribution in [0.2, 0.25) is 0 Å². The topological polar surface area (TPSA) is 95.9 Å². The van der Waals surface area contributed by atoms with Crippen LogP contribution in [0.4, 0.5) is 13.2 Å². The standard InChI is InChI=1S/C8H14N2O3.C2HF3O2/c1-6(11)10-4-3-9-7(5-10)8(12)13-2;3-2(4,5)1(6)7/h7,9H,3-5H2,1-2H3;(H,6,7).